The molecule has 0 radical (unpaired) electrons. The van der Waals surface area contributed by atoms with Gasteiger partial charge in [-0.15, -0.1) is 11.3 Å². The SMILES string of the molecule is Cc1ccc(C(=O)Nc2nc(-c3ccc4c(c3)NC(=O)[C@H](C)O4)cs2)cc1. The lowest BCUT2D eigenvalue weighted by Gasteiger charge is -2.23. The van der Waals surface area contributed by atoms with Crippen molar-refractivity contribution in [2.24, 2.45) is 0 Å². The number of carbonyl (C=O) groups is 2. The van der Waals surface area contributed by atoms with Crippen LogP contribution in [0.5, 0.6) is 5.75 Å². The van der Waals surface area contributed by atoms with Crippen molar-refractivity contribution in [3.05, 3.63) is 59.0 Å². The average Bonchev–Trinajstić information content (AvgIpc) is 3.11. The molecule has 2 aromatic carbocycles. The van der Waals surface area contributed by atoms with Crippen LogP contribution in [0.4, 0.5) is 10.8 Å². The molecule has 0 unspecified atom stereocenters. The molecule has 7 heteroatoms. The number of nitrogens with zero attached hydrogens (tertiary/aromatic N) is 1. The first-order valence-electron chi connectivity index (χ1n) is 8.45. The highest BCUT2D eigenvalue weighted by molar-refractivity contribution is 7.14. The smallest absolute Gasteiger partial charge is 0.265 e. The Morgan fingerprint density at radius 3 is 2.78 bits per heavy atom. The lowest BCUT2D eigenvalue weighted by Crippen LogP contribution is -2.34. The van der Waals surface area contributed by atoms with Gasteiger partial charge in [-0.1, -0.05) is 17.7 Å². The highest BCUT2D eigenvalue weighted by Gasteiger charge is 2.24. The van der Waals surface area contributed by atoms with Crippen LogP contribution in [0.3, 0.4) is 0 Å². The predicted molar refractivity (Wildman–Crippen MR) is 105 cm³/mol. The minimum Gasteiger partial charge on any atom is -0.479 e. The Kier molecular flexibility index (Phi) is 4.37. The molecular weight excluding hydrogens is 362 g/mol. The highest BCUT2D eigenvalue weighted by atomic mass is 32.1. The van der Waals surface area contributed by atoms with Gasteiger partial charge in [0.05, 0.1) is 11.4 Å². The van der Waals surface area contributed by atoms with E-state index in [0.717, 1.165) is 16.8 Å². The second-order valence-electron chi connectivity index (χ2n) is 6.32. The molecule has 1 aromatic heterocycles. The number of ether oxygens (including phenoxy) is 1. The van der Waals surface area contributed by atoms with Crippen LogP contribution >= 0.6 is 11.3 Å². The summed E-state index contributed by atoms with van der Waals surface area (Å²) < 4.78 is 5.56. The average molecular weight is 379 g/mol. The topological polar surface area (TPSA) is 80.3 Å². The van der Waals surface area contributed by atoms with E-state index in [1.165, 1.54) is 11.3 Å². The van der Waals surface area contributed by atoms with Crippen molar-refractivity contribution in [1.29, 1.82) is 0 Å². The number of hydrogen-bond donors (Lipinski definition) is 2. The molecule has 3 aromatic rings. The zero-order valence-electron chi connectivity index (χ0n) is 14.8. The summed E-state index contributed by atoms with van der Waals surface area (Å²) in [4.78, 5) is 28.6. The van der Waals surface area contributed by atoms with Crippen molar-refractivity contribution in [3.8, 4) is 17.0 Å². The summed E-state index contributed by atoms with van der Waals surface area (Å²) in [6.07, 6.45) is -0.508. The maximum atomic E-state index is 12.3. The molecule has 2 amide bonds. The van der Waals surface area contributed by atoms with Crippen LogP contribution in [0.15, 0.2) is 47.8 Å². The van der Waals surface area contributed by atoms with Crippen LogP contribution in [-0.2, 0) is 4.79 Å². The number of aryl methyl sites for hydroxylation is 1. The Morgan fingerprint density at radius 2 is 2.00 bits per heavy atom. The first kappa shape index (κ1) is 17.2. The molecule has 1 aliphatic heterocycles. The Morgan fingerprint density at radius 1 is 1.22 bits per heavy atom. The van der Waals surface area contributed by atoms with Gasteiger partial charge in [0.1, 0.15) is 5.75 Å². The molecule has 4 rings (SSSR count). The predicted octanol–water partition coefficient (Wildman–Crippen LogP) is 4.09. The minimum atomic E-state index is -0.508. The second kappa shape index (κ2) is 6.85. The third kappa shape index (κ3) is 3.54. The van der Waals surface area contributed by atoms with Crippen LogP contribution in [-0.4, -0.2) is 22.9 Å². The van der Waals surface area contributed by atoms with E-state index in [2.05, 4.69) is 15.6 Å². The van der Waals surface area contributed by atoms with Crippen LogP contribution in [0.1, 0.15) is 22.8 Å². The first-order chi connectivity index (χ1) is 13.0. The number of benzene rings is 2. The van der Waals surface area contributed by atoms with Gasteiger partial charge in [-0.05, 0) is 44.2 Å². The Hall–Kier alpha value is -3.19. The molecule has 6 nitrogen and oxygen atoms in total. The van der Waals surface area contributed by atoms with E-state index in [9.17, 15) is 9.59 Å². The largest absolute Gasteiger partial charge is 0.479 e. The molecular formula is C20H17N3O3S. The lowest BCUT2D eigenvalue weighted by molar-refractivity contribution is -0.122. The van der Waals surface area contributed by atoms with E-state index >= 15 is 0 Å². The number of nitrogens with one attached hydrogen (secondary N) is 2. The molecule has 2 heterocycles. The molecule has 0 bridgehead atoms. The van der Waals surface area contributed by atoms with Gasteiger partial charge >= 0.3 is 0 Å². The van der Waals surface area contributed by atoms with E-state index in [4.69, 9.17) is 4.74 Å². The third-order valence-corrected chi connectivity index (χ3v) is 5.00. The van der Waals surface area contributed by atoms with Gasteiger partial charge in [-0.2, -0.15) is 0 Å². The number of fused-ring (bicyclic) bond motifs is 1. The molecule has 0 aliphatic carbocycles. The van der Waals surface area contributed by atoms with Gasteiger partial charge in [-0.25, -0.2) is 4.98 Å². The molecule has 1 aliphatic rings. The van der Waals surface area contributed by atoms with Crippen molar-refractivity contribution in [2.75, 3.05) is 10.6 Å². The summed E-state index contributed by atoms with van der Waals surface area (Å²) >= 11 is 1.35. The summed E-state index contributed by atoms with van der Waals surface area (Å²) in [5.41, 5.74) is 3.85. The highest BCUT2D eigenvalue weighted by Crippen LogP contribution is 2.35. The third-order valence-electron chi connectivity index (χ3n) is 4.24. The number of hydrogen-bond acceptors (Lipinski definition) is 5. The van der Waals surface area contributed by atoms with Crippen molar-refractivity contribution in [3.63, 3.8) is 0 Å². The van der Waals surface area contributed by atoms with Crippen molar-refractivity contribution < 1.29 is 14.3 Å². The fraction of sp³-hybridized carbons (Fsp3) is 0.150. The summed E-state index contributed by atoms with van der Waals surface area (Å²) in [7, 11) is 0. The van der Waals surface area contributed by atoms with E-state index in [1.54, 1.807) is 19.1 Å². The van der Waals surface area contributed by atoms with Gasteiger partial charge in [0, 0.05) is 16.5 Å². The van der Waals surface area contributed by atoms with Gasteiger partial charge in [-0.3, -0.25) is 14.9 Å². The van der Waals surface area contributed by atoms with E-state index in [0.29, 0.717) is 22.1 Å². The van der Waals surface area contributed by atoms with E-state index in [1.807, 2.05) is 42.6 Å². The van der Waals surface area contributed by atoms with Crippen LogP contribution in [0.2, 0.25) is 0 Å². The molecule has 0 saturated carbocycles. The zero-order valence-corrected chi connectivity index (χ0v) is 15.6. The van der Waals surface area contributed by atoms with E-state index in [-0.39, 0.29) is 11.8 Å². The van der Waals surface area contributed by atoms with Crippen molar-refractivity contribution >= 4 is 34.0 Å². The van der Waals surface area contributed by atoms with E-state index < -0.39 is 6.10 Å². The van der Waals surface area contributed by atoms with Crippen molar-refractivity contribution in [1.82, 2.24) is 4.98 Å². The molecule has 1 atom stereocenters. The number of anilines is 2. The number of thiazole rings is 1. The first-order valence-corrected chi connectivity index (χ1v) is 9.33. The number of aromatic nitrogens is 1. The number of carbonyl (C=O) groups excluding carboxylic acids is 2. The summed E-state index contributed by atoms with van der Waals surface area (Å²) in [6.45, 7) is 3.68. The quantitative estimate of drug-likeness (QED) is 0.718. The molecule has 0 spiro atoms. The number of rotatable bonds is 3. The normalized spacial score (nSPS) is 15.5. The van der Waals surface area contributed by atoms with Gasteiger partial charge < -0.3 is 10.1 Å². The zero-order chi connectivity index (χ0) is 19.0. The Bertz CT molecular complexity index is 1030. The molecule has 27 heavy (non-hydrogen) atoms. The fourth-order valence-electron chi connectivity index (χ4n) is 2.71. The fourth-order valence-corrected chi connectivity index (χ4v) is 3.42. The Labute approximate surface area is 160 Å². The van der Waals surface area contributed by atoms with Crippen LogP contribution < -0.4 is 15.4 Å². The minimum absolute atomic E-state index is 0.177. The van der Waals surface area contributed by atoms with Crippen LogP contribution in [0, 0.1) is 6.92 Å². The summed E-state index contributed by atoms with van der Waals surface area (Å²) in [5, 5.41) is 8.02. The van der Waals surface area contributed by atoms with Gasteiger partial charge in [0.15, 0.2) is 11.2 Å². The lowest BCUT2D eigenvalue weighted by atomic mass is 10.1. The standard InChI is InChI=1S/C20H17N3O3S/c1-11-3-5-13(6-4-11)19(25)23-20-22-16(10-27-20)14-7-8-17-15(9-14)21-18(24)12(2)26-17/h3-10,12H,1-2H3,(H,21,24)(H,22,23,25)/t12-/m0/s1. The molecule has 2 N–H and O–H groups in total. The van der Waals surface area contributed by atoms with Crippen LogP contribution in [0.25, 0.3) is 11.3 Å². The van der Waals surface area contributed by atoms with Gasteiger partial charge in [0.25, 0.3) is 11.8 Å². The summed E-state index contributed by atoms with van der Waals surface area (Å²) in [5.74, 6) is 0.258. The monoisotopic (exact) mass is 379 g/mol. The summed E-state index contributed by atoms with van der Waals surface area (Å²) in [6, 6.07) is 12.9. The van der Waals surface area contributed by atoms with Gasteiger partial charge in [0.2, 0.25) is 0 Å². The second-order valence-corrected chi connectivity index (χ2v) is 7.18. The molecule has 136 valence electrons. The maximum Gasteiger partial charge on any atom is 0.265 e. The maximum absolute atomic E-state index is 12.3. The molecule has 0 fully saturated rings. The van der Waals surface area contributed by atoms with Crippen molar-refractivity contribution in [2.45, 2.75) is 20.0 Å². The Balaban J connectivity index is 1.53. The number of amides is 2. The molecule has 0 saturated heterocycles.